The maximum absolute atomic E-state index is 12.6. The summed E-state index contributed by atoms with van der Waals surface area (Å²) < 4.78 is 12.2. The largest absolute Gasteiger partial charge is 0.497 e. The molecule has 2 amide bonds. The van der Waals surface area contributed by atoms with Gasteiger partial charge in [-0.3, -0.25) is 19.3 Å². The Bertz CT molecular complexity index is 975. The van der Waals surface area contributed by atoms with Gasteiger partial charge in [-0.25, -0.2) is 0 Å². The first-order valence-corrected chi connectivity index (χ1v) is 9.88. The number of ether oxygens (including phenoxy) is 2. The molecule has 0 N–H and O–H groups in total. The minimum absolute atomic E-state index is 0.277. The van der Waals surface area contributed by atoms with Crippen molar-refractivity contribution in [1.82, 2.24) is 9.47 Å². The van der Waals surface area contributed by atoms with Crippen LogP contribution in [-0.2, 0) is 14.3 Å². The van der Waals surface area contributed by atoms with E-state index in [0.29, 0.717) is 0 Å². The number of carbonyl (C=O) groups excluding carboxylic acids is 3. The summed E-state index contributed by atoms with van der Waals surface area (Å²) in [5, 5.41) is -0.478. The summed E-state index contributed by atoms with van der Waals surface area (Å²) in [6.45, 7) is 4.99. The molecule has 8 heteroatoms. The average Bonchev–Trinajstić information content (AvgIpc) is 3.15. The number of nitrogens with zero attached hydrogens (tertiary/aromatic N) is 2. The zero-order valence-electron chi connectivity index (χ0n) is 16.7. The van der Waals surface area contributed by atoms with Gasteiger partial charge in [0.1, 0.15) is 12.3 Å². The quantitative estimate of drug-likeness (QED) is 0.529. The van der Waals surface area contributed by atoms with Gasteiger partial charge in [-0.15, -0.1) is 0 Å². The molecule has 0 radical (unpaired) electrons. The molecule has 0 unspecified atom stereocenters. The van der Waals surface area contributed by atoms with Crippen molar-refractivity contribution in [3.63, 3.8) is 0 Å². The van der Waals surface area contributed by atoms with Crippen LogP contribution in [0.15, 0.2) is 41.4 Å². The Labute approximate surface area is 173 Å². The molecule has 29 heavy (non-hydrogen) atoms. The zero-order valence-corrected chi connectivity index (χ0v) is 17.5. The Morgan fingerprint density at radius 3 is 2.52 bits per heavy atom. The van der Waals surface area contributed by atoms with Gasteiger partial charge in [0.05, 0.1) is 18.1 Å². The normalized spacial score (nSPS) is 15.5. The number of hydrogen-bond acceptors (Lipinski definition) is 6. The third-order valence-electron chi connectivity index (χ3n) is 4.21. The highest BCUT2D eigenvalue weighted by atomic mass is 32.2. The molecular formula is C21H22N2O5S. The molecule has 1 aromatic heterocycles. The van der Waals surface area contributed by atoms with Crippen LogP contribution in [-0.4, -0.2) is 46.3 Å². The molecule has 0 spiro atoms. The molecule has 1 aliphatic rings. The SMILES string of the molecule is COc1ccc(-n2cc(/C=C3\SC(=O)N(CC(=O)OC(C)C)C3=O)cc2C)cc1. The van der Waals surface area contributed by atoms with E-state index in [-0.39, 0.29) is 17.6 Å². The predicted octanol–water partition coefficient (Wildman–Crippen LogP) is 3.78. The molecule has 0 bridgehead atoms. The van der Waals surface area contributed by atoms with Crippen LogP contribution in [0.25, 0.3) is 11.8 Å². The fourth-order valence-corrected chi connectivity index (χ4v) is 3.75. The lowest BCUT2D eigenvalue weighted by atomic mass is 10.3. The van der Waals surface area contributed by atoms with Gasteiger partial charge >= 0.3 is 5.97 Å². The molecule has 1 fully saturated rings. The van der Waals surface area contributed by atoms with E-state index in [4.69, 9.17) is 9.47 Å². The lowest BCUT2D eigenvalue weighted by Gasteiger charge is -2.13. The van der Waals surface area contributed by atoms with Crippen LogP contribution in [0.2, 0.25) is 0 Å². The van der Waals surface area contributed by atoms with Crippen molar-refractivity contribution in [3.05, 3.63) is 52.7 Å². The molecule has 0 atom stereocenters. The number of thioether (sulfide) groups is 1. The van der Waals surface area contributed by atoms with Crippen molar-refractivity contribution in [2.75, 3.05) is 13.7 Å². The van der Waals surface area contributed by atoms with E-state index < -0.39 is 17.1 Å². The second-order valence-corrected chi connectivity index (χ2v) is 7.78. The number of amides is 2. The van der Waals surface area contributed by atoms with E-state index in [9.17, 15) is 14.4 Å². The van der Waals surface area contributed by atoms with Gasteiger partial charge in [0.2, 0.25) is 0 Å². The fraction of sp³-hybridized carbons (Fsp3) is 0.286. The van der Waals surface area contributed by atoms with E-state index >= 15 is 0 Å². The Hall–Kier alpha value is -3.00. The van der Waals surface area contributed by atoms with E-state index in [2.05, 4.69) is 0 Å². The molecule has 1 aliphatic heterocycles. The molecule has 0 aliphatic carbocycles. The van der Waals surface area contributed by atoms with Crippen LogP contribution in [0.5, 0.6) is 5.75 Å². The minimum atomic E-state index is -0.606. The standard InChI is InChI=1S/C21H22N2O5S/c1-13(2)28-19(24)12-23-20(25)18(29-21(23)26)10-15-9-14(3)22(11-15)16-5-7-17(27-4)8-6-16/h5-11,13H,12H2,1-4H3/b18-10-. The zero-order chi connectivity index (χ0) is 21.1. The summed E-state index contributed by atoms with van der Waals surface area (Å²) in [6.07, 6.45) is 3.24. The lowest BCUT2D eigenvalue weighted by Crippen LogP contribution is -2.35. The summed E-state index contributed by atoms with van der Waals surface area (Å²) in [4.78, 5) is 37.7. The highest BCUT2D eigenvalue weighted by molar-refractivity contribution is 8.18. The van der Waals surface area contributed by atoms with Gasteiger partial charge < -0.3 is 14.0 Å². The monoisotopic (exact) mass is 414 g/mol. The molecule has 0 saturated carbocycles. The number of methoxy groups -OCH3 is 1. The highest BCUT2D eigenvalue weighted by Gasteiger charge is 2.36. The first-order chi connectivity index (χ1) is 13.8. The maximum atomic E-state index is 12.6. The van der Waals surface area contributed by atoms with E-state index in [1.807, 2.05) is 48.0 Å². The summed E-state index contributed by atoms with van der Waals surface area (Å²) in [7, 11) is 1.61. The Balaban J connectivity index is 1.79. The average molecular weight is 414 g/mol. The minimum Gasteiger partial charge on any atom is -0.497 e. The van der Waals surface area contributed by atoms with Crippen molar-refractivity contribution in [2.24, 2.45) is 0 Å². The van der Waals surface area contributed by atoms with Gasteiger partial charge in [0, 0.05) is 17.6 Å². The smallest absolute Gasteiger partial charge is 0.326 e. The maximum Gasteiger partial charge on any atom is 0.326 e. The van der Waals surface area contributed by atoms with Gasteiger partial charge in [0.25, 0.3) is 11.1 Å². The van der Waals surface area contributed by atoms with Crippen LogP contribution in [0.3, 0.4) is 0 Å². The molecule has 152 valence electrons. The molecule has 3 rings (SSSR count). The van der Waals surface area contributed by atoms with Crippen LogP contribution in [0.1, 0.15) is 25.1 Å². The topological polar surface area (TPSA) is 77.8 Å². The van der Waals surface area contributed by atoms with Crippen LogP contribution in [0, 0.1) is 6.92 Å². The van der Waals surface area contributed by atoms with Crippen molar-refractivity contribution in [3.8, 4) is 11.4 Å². The van der Waals surface area contributed by atoms with Crippen molar-refractivity contribution >= 4 is 35.0 Å². The van der Waals surface area contributed by atoms with Crippen LogP contribution in [0.4, 0.5) is 4.79 Å². The fourth-order valence-electron chi connectivity index (χ4n) is 2.92. The second kappa shape index (κ2) is 8.57. The van der Waals surface area contributed by atoms with Gasteiger partial charge in [-0.05, 0) is 74.5 Å². The Morgan fingerprint density at radius 1 is 1.21 bits per heavy atom. The summed E-state index contributed by atoms with van der Waals surface area (Å²) >= 11 is 0.818. The van der Waals surface area contributed by atoms with Crippen molar-refractivity contribution in [1.29, 1.82) is 0 Å². The number of imide groups is 1. The molecular weight excluding hydrogens is 392 g/mol. The predicted molar refractivity (Wildman–Crippen MR) is 111 cm³/mol. The summed E-state index contributed by atoms with van der Waals surface area (Å²) in [5.41, 5.74) is 2.71. The number of esters is 1. The Kier molecular flexibility index (Phi) is 6.12. The van der Waals surface area contributed by atoms with Crippen LogP contribution >= 0.6 is 11.8 Å². The molecule has 1 saturated heterocycles. The third kappa shape index (κ3) is 4.71. The van der Waals surface area contributed by atoms with E-state index in [1.54, 1.807) is 27.0 Å². The number of rotatable bonds is 6. The number of benzene rings is 1. The van der Waals surface area contributed by atoms with Gasteiger partial charge in [-0.1, -0.05) is 0 Å². The highest BCUT2D eigenvalue weighted by Crippen LogP contribution is 2.32. The third-order valence-corrected chi connectivity index (χ3v) is 5.12. The van der Waals surface area contributed by atoms with E-state index in [0.717, 1.165) is 39.4 Å². The number of aromatic nitrogens is 1. The second-order valence-electron chi connectivity index (χ2n) is 6.79. The van der Waals surface area contributed by atoms with Gasteiger partial charge in [0.15, 0.2) is 0 Å². The first-order valence-electron chi connectivity index (χ1n) is 9.06. The summed E-state index contributed by atoms with van der Waals surface area (Å²) in [6, 6.07) is 9.53. The van der Waals surface area contributed by atoms with Crippen LogP contribution < -0.4 is 4.74 Å². The Morgan fingerprint density at radius 2 is 1.90 bits per heavy atom. The summed E-state index contributed by atoms with van der Waals surface area (Å²) in [5.74, 6) is -0.330. The molecule has 1 aromatic carbocycles. The molecule has 2 heterocycles. The molecule has 2 aromatic rings. The lowest BCUT2D eigenvalue weighted by molar-refractivity contribution is -0.149. The van der Waals surface area contributed by atoms with Crippen molar-refractivity contribution < 1.29 is 23.9 Å². The van der Waals surface area contributed by atoms with Gasteiger partial charge in [-0.2, -0.15) is 0 Å². The molecule has 7 nitrogen and oxygen atoms in total. The number of carbonyl (C=O) groups is 3. The number of aryl methyl sites for hydroxylation is 1. The first kappa shape index (κ1) is 20.7. The number of hydrogen-bond donors (Lipinski definition) is 0. The van der Waals surface area contributed by atoms with E-state index in [1.165, 1.54) is 0 Å². The van der Waals surface area contributed by atoms with Crippen molar-refractivity contribution in [2.45, 2.75) is 26.9 Å².